The van der Waals surface area contributed by atoms with Crippen molar-refractivity contribution >= 4 is 22.6 Å². The molecule has 0 aliphatic heterocycles. The Kier molecular flexibility index (Phi) is 3.86. The fraction of sp³-hybridized carbons (Fsp3) is 0.278. The zero-order valence-electron chi connectivity index (χ0n) is 13.6. The molecule has 23 heavy (non-hydrogen) atoms. The van der Waals surface area contributed by atoms with Crippen molar-refractivity contribution in [2.45, 2.75) is 27.3 Å². The largest absolute Gasteiger partial charge is 0.324 e. The van der Waals surface area contributed by atoms with E-state index in [0.29, 0.717) is 17.7 Å². The molecule has 0 spiro atoms. The summed E-state index contributed by atoms with van der Waals surface area (Å²) in [6.07, 6.45) is 0. The van der Waals surface area contributed by atoms with E-state index in [1.807, 2.05) is 61.9 Å². The summed E-state index contributed by atoms with van der Waals surface area (Å²) >= 11 is 0. The van der Waals surface area contributed by atoms with Crippen LogP contribution >= 0.6 is 0 Å². The molecule has 0 bridgehead atoms. The van der Waals surface area contributed by atoms with Gasteiger partial charge in [-0.2, -0.15) is 0 Å². The van der Waals surface area contributed by atoms with E-state index in [9.17, 15) is 4.79 Å². The van der Waals surface area contributed by atoms with Crippen LogP contribution in [0.15, 0.2) is 48.5 Å². The van der Waals surface area contributed by atoms with Crippen LogP contribution in [0.5, 0.6) is 0 Å². The molecule has 1 aromatic heterocycles. The zero-order chi connectivity index (χ0) is 16.4. The minimum atomic E-state index is -0.456. The van der Waals surface area contributed by atoms with Crippen LogP contribution in [-0.2, 0) is 11.3 Å². The molecule has 0 saturated heterocycles. The summed E-state index contributed by atoms with van der Waals surface area (Å²) in [4.78, 5) is 12.2. The summed E-state index contributed by atoms with van der Waals surface area (Å²) in [5, 5.41) is 11.4. The SMILES string of the molecule is CC(C)(C)C(=O)Nc1cccc2c1nnn2Cc1ccccc1. The second kappa shape index (κ2) is 5.83. The topological polar surface area (TPSA) is 59.8 Å². The summed E-state index contributed by atoms with van der Waals surface area (Å²) in [6, 6.07) is 15.8. The Morgan fingerprint density at radius 1 is 1.09 bits per heavy atom. The molecular formula is C18H20N4O. The van der Waals surface area contributed by atoms with Crippen LogP contribution in [0.25, 0.3) is 11.0 Å². The third-order valence-electron chi connectivity index (χ3n) is 3.65. The fourth-order valence-corrected chi connectivity index (χ4v) is 2.28. The van der Waals surface area contributed by atoms with Gasteiger partial charge in [-0.25, -0.2) is 4.68 Å². The van der Waals surface area contributed by atoms with Crippen LogP contribution < -0.4 is 5.32 Å². The maximum absolute atomic E-state index is 12.2. The van der Waals surface area contributed by atoms with Crippen molar-refractivity contribution in [1.29, 1.82) is 0 Å². The standard InChI is InChI=1S/C18H20N4O/c1-18(2,3)17(23)19-14-10-7-11-15-16(14)20-21-22(15)12-13-8-5-4-6-9-13/h4-11H,12H2,1-3H3,(H,19,23). The highest BCUT2D eigenvalue weighted by Crippen LogP contribution is 2.24. The number of aromatic nitrogens is 3. The monoisotopic (exact) mass is 308 g/mol. The lowest BCUT2D eigenvalue weighted by Gasteiger charge is -2.17. The van der Waals surface area contributed by atoms with Gasteiger partial charge in [-0.15, -0.1) is 5.10 Å². The van der Waals surface area contributed by atoms with Crippen LogP contribution in [-0.4, -0.2) is 20.9 Å². The maximum atomic E-state index is 12.2. The Morgan fingerprint density at radius 2 is 1.83 bits per heavy atom. The first-order valence-corrected chi connectivity index (χ1v) is 7.63. The minimum absolute atomic E-state index is 0.0393. The van der Waals surface area contributed by atoms with E-state index in [-0.39, 0.29) is 5.91 Å². The maximum Gasteiger partial charge on any atom is 0.229 e. The molecule has 118 valence electrons. The third kappa shape index (κ3) is 3.23. The normalized spacial score (nSPS) is 11.6. The van der Waals surface area contributed by atoms with Gasteiger partial charge in [-0.1, -0.05) is 62.4 Å². The van der Waals surface area contributed by atoms with Crippen molar-refractivity contribution in [2.75, 3.05) is 5.32 Å². The Hall–Kier alpha value is -2.69. The zero-order valence-corrected chi connectivity index (χ0v) is 13.6. The smallest absolute Gasteiger partial charge is 0.229 e. The van der Waals surface area contributed by atoms with Crippen LogP contribution in [0.1, 0.15) is 26.3 Å². The molecule has 0 radical (unpaired) electrons. The summed E-state index contributed by atoms with van der Waals surface area (Å²) in [6.45, 7) is 6.30. The number of carbonyl (C=O) groups is 1. The van der Waals surface area contributed by atoms with Gasteiger partial charge in [0.2, 0.25) is 5.91 Å². The Bertz CT molecular complexity index is 831. The summed E-state index contributed by atoms with van der Waals surface area (Å²) in [7, 11) is 0. The van der Waals surface area contributed by atoms with Crippen molar-refractivity contribution in [3.8, 4) is 0 Å². The third-order valence-corrected chi connectivity index (χ3v) is 3.65. The molecule has 1 N–H and O–H groups in total. The van der Waals surface area contributed by atoms with E-state index in [4.69, 9.17) is 0 Å². The first-order chi connectivity index (χ1) is 10.9. The van der Waals surface area contributed by atoms with Crippen molar-refractivity contribution in [1.82, 2.24) is 15.0 Å². The molecule has 3 aromatic rings. The highest BCUT2D eigenvalue weighted by atomic mass is 16.2. The van der Waals surface area contributed by atoms with Crippen molar-refractivity contribution < 1.29 is 4.79 Å². The number of rotatable bonds is 3. The number of amides is 1. The molecule has 0 saturated carbocycles. The predicted octanol–water partition coefficient (Wildman–Crippen LogP) is 3.46. The molecule has 0 atom stereocenters. The molecule has 0 aliphatic carbocycles. The lowest BCUT2D eigenvalue weighted by atomic mass is 9.95. The number of hydrogen-bond donors (Lipinski definition) is 1. The van der Waals surface area contributed by atoms with Gasteiger partial charge in [-0.3, -0.25) is 4.79 Å². The van der Waals surface area contributed by atoms with E-state index in [1.165, 1.54) is 0 Å². The van der Waals surface area contributed by atoms with Gasteiger partial charge in [0.05, 0.1) is 17.7 Å². The molecule has 5 heteroatoms. The molecule has 2 aromatic carbocycles. The second-order valence-electron chi connectivity index (χ2n) is 6.61. The van der Waals surface area contributed by atoms with Gasteiger partial charge in [0.25, 0.3) is 0 Å². The number of carbonyl (C=O) groups excluding carboxylic acids is 1. The molecule has 0 aliphatic rings. The number of benzene rings is 2. The van der Waals surface area contributed by atoms with E-state index in [2.05, 4.69) is 27.8 Å². The number of anilines is 1. The molecule has 5 nitrogen and oxygen atoms in total. The van der Waals surface area contributed by atoms with Crippen LogP contribution in [0.2, 0.25) is 0 Å². The Morgan fingerprint density at radius 3 is 2.52 bits per heavy atom. The van der Waals surface area contributed by atoms with E-state index >= 15 is 0 Å². The van der Waals surface area contributed by atoms with Gasteiger partial charge in [0.1, 0.15) is 5.52 Å². The lowest BCUT2D eigenvalue weighted by molar-refractivity contribution is -0.123. The van der Waals surface area contributed by atoms with Crippen LogP contribution in [0, 0.1) is 5.41 Å². The molecule has 0 unspecified atom stereocenters. The van der Waals surface area contributed by atoms with Gasteiger partial charge >= 0.3 is 0 Å². The first-order valence-electron chi connectivity index (χ1n) is 7.63. The Labute approximate surface area is 135 Å². The quantitative estimate of drug-likeness (QED) is 0.806. The molecule has 1 amide bonds. The van der Waals surface area contributed by atoms with Gasteiger partial charge in [0.15, 0.2) is 0 Å². The van der Waals surface area contributed by atoms with E-state index in [1.54, 1.807) is 0 Å². The highest BCUT2D eigenvalue weighted by Gasteiger charge is 2.22. The number of nitrogens with one attached hydrogen (secondary N) is 1. The summed E-state index contributed by atoms with van der Waals surface area (Å²) in [5.41, 5.74) is 3.01. The lowest BCUT2D eigenvalue weighted by Crippen LogP contribution is -2.27. The summed E-state index contributed by atoms with van der Waals surface area (Å²) < 4.78 is 1.84. The van der Waals surface area contributed by atoms with Crippen LogP contribution in [0.3, 0.4) is 0 Å². The van der Waals surface area contributed by atoms with Crippen molar-refractivity contribution in [2.24, 2.45) is 5.41 Å². The second-order valence-corrected chi connectivity index (χ2v) is 6.61. The molecular weight excluding hydrogens is 288 g/mol. The predicted molar refractivity (Wildman–Crippen MR) is 91.2 cm³/mol. The molecule has 0 fully saturated rings. The average Bonchev–Trinajstić information content (AvgIpc) is 2.92. The molecule has 1 heterocycles. The average molecular weight is 308 g/mol. The van der Waals surface area contributed by atoms with Gasteiger partial charge < -0.3 is 5.32 Å². The minimum Gasteiger partial charge on any atom is -0.324 e. The first kappa shape index (κ1) is 15.2. The Balaban J connectivity index is 1.93. The number of fused-ring (bicyclic) bond motifs is 1. The highest BCUT2D eigenvalue weighted by molar-refractivity contribution is 6.01. The molecule has 3 rings (SSSR count). The number of nitrogens with zero attached hydrogens (tertiary/aromatic N) is 3. The van der Waals surface area contributed by atoms with Crippen molar-refractivity contribution in [3.63, 3.8) is 0 Å². The summed E-state index contributed by atoms with van der Waals surface area (Å²) in [5.74, 6) is -0.0393. The van der Waals surface area contributed by atoms with Gasteiger partial charge in [-0.05, 0) is 17.7 Å². The number of hydrogen-bond acceptors (Lipinski definition) is 3. The van der Waals surface area contributed by atoms with Gasteiger partial charge in [0, 0.05) is 5.41 Å². The van der Waals surface area contributed by atoms with Crippen molar-refractivity contribution in [3.05, 3.63) is 54.1 Å². The van der Waals surface area contributed by atoms with E-state index < -0.39 is 5.41 Å². The van der Waals surface area contributed by atoms with E-state index in [0.717, 1.165) is 11.1 Å². The fourth-order valence-electron chi connectivity index (χ4n) is 2.28. The van der Waals surface area contributed by atoms with Crippen LogP contribution in [0.4, 0.5) is 5.69 Å².